The van der Waals surface area contributed by atoms with E-state index in [1.54, 1.807) is 6.20 Å². The fourth-order valence-corrected chi connectivity index (χ4v) is 2.36. The van der Waals surface area contributed by atoms with Gasteiger partial charge in [-0.1, -0.05) is 32.6 Å². The number of H-pyrrole nitrogens is 1. The van der Waals surface area contributed by atoms with Gasteiger partial charge in [-0.25, -0.2) is 0 Å². The maximum atomic E-state index is 4.55. The minimum Gasteiger partial charge on any atom is -0.367 e. The summed E-state index contributed by atoms with van der Waals surface area (Å²) in [5.41, 5.74) is 0.765. The van der Waals surface area contributed by atoms with Crippen molar-refractivity contribution in [2.24, 2.45) is 0 Å². The number of aromatic nitrogens is 4. The van der Waals surface area contributed by atoms with E-state index in [0.717, 1.165) is 29.8 Å². The molecular formula is C15H26N6. The SMILES string of the molecule is CCCCCCC(C)Nc1nc(NCC)nc2[nH]ncc12. The Balaban J connectivity index is 2.04. The van der Waals surface area contributed by atoms with Crippen LogP contribution in [0.15, 0.2) is 6.20 Å². The molecule has 0 aliphatic rings. The molecule has 6 heteroatoms. The summed E-state index contributed by atoms with van der Waals surface area (Å²) in [4.78, 5) is 8.95. The molecule has 116 valence electrons. The molecule has 6 nitrogen and oxygen atoms in total. The number of fused-ring (bicyclic) bond motifs is 1. The molecule has 2 aromatic heterocycles. The molecule has 2 heterocycles. The summed E-state index contributed by atoms with van der Waals surface area (Å²) in [6, 6.07) is 0.393. The van der Waals surface area contributed by atoms with Crippen molar-refractivity contribution in [1.82, 2.24) is 20.2 Å². The number of anilines is 2. The molecule has 0 aliphatic carbocycles. The van der Waals surface area contributed by atoms with Crippen molar-refractivity contribution in [3.63, 3.8) is 0 Å². The summed E-state index contributed by atoms with van der Waals surface area (Å²) < 4.78 is 0. The van der Waals surface area contributed by atoms with E-state index in [-0.39, 0.29) is 0 Å². The molecule has 0 fully saturated rings. The number of unbranched alkanes of at least 4 members (excludes halogenated alkanes) is 3. The van der Waals surface area contributed by atoms with Gasteiger partial charge in [-0.3, -0.25) is 5.10 Å². The highest BCUT2D eigenvalue weighted by Gasteiger charge is 2.11. The zero-order chi connectivity index (χ0) is 15.1. The van der Waals surface area contributed by atoms with Crippen molar-refractivity contribution in [2.75, 3.05) is 17.2 Å². The second-order valence-electron chi connectivity index (χ2n) is 5.45. The number of nitrogens with zero attached hydrogens (tertiary/aromatic N) is 3. The molecule has 0 bridgehead atoms. The van der Waals surface area contributed by atoms with Crippen molar-refractivity contribution in [1.29, 1.82) is 0 Å². The molecule has 0 aliphatic heterocycles. The Kier molecular flexibility index (Phi) is 5.78. The van der Waals surface area contributed by atoms with Gasteiger partial charge in [-0.2, -0.15) is 15.1 Å². The highest BCUT2D eigenvalue weighted by atomic mass is 15.2. The highest BCUT2D eigenvalue weighted by molar-refractivity contribution is 5.87. The number of rotatable bonds is 9. The lowest BCUT2D eigenvalue weighted by Gasteiger charge is -2.15. The normalized spacial score (nSPS) is 12.5. The molecule has 1 atom stereocenters. The topological polar surface area (TPSA) is 78.5 Å². The smallest absolute Gasteiger partial charge is 0.226 e. The van der Waals surface area contributed by atoms with E-state index in [4.69, 9.17) is 0 Å². The number of hydrogen-bond acceptors (Lipinski definition) is 5. The molecular weight excluding hydrogens is 264 g/mol. The van der Waals surface area contributed by atoms with Crippen LogP contribution in [0.1, 0.15) is 52.9 Å². The maximum absolute atomic E-state index is 4.55. The summed E-state index contributed by atoms with van der Waals surface area (Å²) in [6.07, 6.45) is 8.07. The third-order valence-electron chi connectivity index (χ3n) is 3.52. The molecule has 2 aromatic rings. The first-order valence-electron chi connectivity index (χ1n) is 7.96. The van der Waals surface area contributed by atoms with Gasteiger partial charge in [0.05, 0.1) is 11.6 Å². The van der Waals surface area contributed by atoms with Gasteiger partial charge < -0.3 is 10.6 Å². The lowest BCUT2D eigenvalue weighted by Crippen LogP contribution is -2.17. The lowest BCUT2D eigenvalue weighted by molar-refractivity contribution is 0.593. The number of nitrogens with one attached hydrogen (secondary N) is 3. The van der Waals surface area contributed by atoms with Crippen LogP contribution in [0.3, 0.4) is 0 Å². The number of hydrogen-bond donors (Lipinski definition) is 3. The Morgan fingerprint density at radius 1 is 1.19 bits per heavy atom. The quantitative estimate of drug-likeness (QED) is 0.615. The fourth-order valence-electron chi connectivity index (χ4n) is 2.36. The van der Waals surface area contributed by atoms with Gasteiger partial charge in [0, 0.05) is 12.6 Å². The zero-order valence-electron chi connectivity index (χ0n) is 13.2. The van der Waals surface area contributed by atoms with Crippen LogP contribution >= 0.6 is 0 Å². The summed E-state index contributed by atoms with van der Waals surface area (Å²) in [6.45, 7) is 7.27. The first-order chi connectivity index (χ1) is 10.2. The van der Waals surface area contributed by atoms with Crippen LogP contribution in [0.25, 0.3) is 11.0 Å². The van der Waals surface area contributed by atoms with Gasteiger partial charge >= 0.3 is 0 Å². The predicted octanol–water partition coefficient (Wildman–Crippen LogP) is 3.56. The zero-order valence-corrected chi connectivity index (χ0v) is 13.2. The Morgan fingerprint density at radius 3 is 2.81 bits per heavy atom. The van der Waals surface area contributed by atoms with Gasteiger partial charge in [0.25, 0.3) is 0 Å². The summed E-state index contributed by atoms with van der Waals surface area (Å²) in [5, 5.41) is 14.6. The third kappa shape index (κ3) is 4.31. The second kappa shape index (κ2) is 7.81. The molecule has 0 radical (unpaired) electrons. The van der Waals surface area contributed by atoms with Crippen molar-refractivity contribution in [2.45, 2.75) is 58.9 Å². The van der Waals surface area contributed by atoms with Crippen LogP contribution in [0, 0.1) is 0 Å². The Bertz CT molecular complexity index is 550. The first-order valence-corrected chi connectivity index (χ1v) is 7.96. The van der Waals surface area contributed by atoms with Crippen molar-refractivity contribution in [3.8, 4) is 0 Å². The lowest BCUT2D eigenvalue weighted by atomic mass is 10.1. The molecule has 0 saturated carbocycles. The van der Waals surface area contributed by atoms with E-state index in [1.807, 2.05) is 6.92 Å². The van der Waals surface area contributed by atoms with Crippen LogP contribution in [0.4, 0.5) is 11.8 Å². The molecule has 0 spiro atoms. The summed E-state index contributed by atoms with van der Waals surface area (Å²) in [7, 11) is 0. The third-order valence-corrected chi connectivity index (χ3v) is 3.52. The molecule has 2 rings (SSSR count). The standard InChI is InChI=1S/C15H26N6/c1-4-6-7-8-9-11(3)18-13-12-10-17-21-14(12)20-15(19-13)16-5-2/h10-11H,4-9H2,1-3H3,(H3,16,17,18,19,20,21). The fraction of sp³-hybridized carbons (Fsp3) is 0.667. The van der Waals surface area contributed by atoms with Crippen LogP contribution in [-0.2, 0) is 0 Å². The highest BCUT2D eigenvalue weighted by Crippen LogP contribution is 2.21. The van der Waals surface area contributed by atoms with Crippen LogP contribution in [0.2, 0.25) is 0 Å². The number of aromatic amines is 1. The summed E-state index contributed by atoms with van der Waals surface area (Å²) >= 11 is 0. The van der Waals surface area contributed by atoms with Crippen molar-refractivity contribution in [3.05, 3.63) is 6.20 Å². The van der Waals surface area contributed by atoms with E-state index >= 15 is 0 Å². The van der Waals surface area contributed by atoms with E-state index in [9.17, 15) is 0 Å². The van der Waals surface area contributed by atoms with Crippen LogP contribution in [-0.4, -0.2) is 32.8 Å². The van der Waals surface area contributed by atoms with Crippen LogP contribution < -0.4 is 10.6 Å². The Labute approximate surface area is 126 Å². The minimum absolute atomic E-state index is 0.393. The van der Waals surface area contributed by atoms with Crippen molar-refractivity contribution >= 4 is 22.8 Å². The average molecular weight is 290 g/mol. The molecule has 21 heavy (non-hydrogen) atoms. The second-order valence-corrected chi connectivity index (χ2v) is 5.45. The Hall–Kier alpha value is -1.85. The van der Waals surface area contributed by atoms with Gasteiger partial charge in [0.1, 0.15) is 5.82 Å². The molecule has 0 aromatic carbocycles. The molecule has 0 saturated heterocycles. The van der Waals surface area contributed by atoms with E-state index < -0.39 is 0 Å². The summed E-state index contributed by atoms with van der Waals surface area (Å²) in [5.74, 6) is 1.49. The van der Waals surface area contributed by atoms with Gasteiger partial charge in [-0.15, -0.1) is 0 Å². The predicted molar refractivity (Wildman–Crippen MR) is 87.7 cm³/mol. The van der Waals surface area contributed by atoms with Crippen LogP contribution in [0.5, 0.6) is 0 Å². The Morgan fingerprint density at radius 2 is 2.05 bits per heavy atom. The van der Waals surface area contributed by atoms with E-state index in [0.29, 0.717) is 12.0 Å². The first kappa shape index (κ1) is 15.5. The maximum Gasteiger partial charge on any atom is 0.226 e. The van der Waals surface area contributed by atoms with Gasteiger partial charge in [-0.05, 0) is 20.3 Å². The van der Waals surface area contributed by atoms with E-state index in [2.05, 4.69) is 44.6 Å². The molecule has 0 amide bonds. The van der Waals surface area contributed by atoms with E-state index in [1.165, 1.54) is 25.7 Å². The van der Waals surface area contributed by atoms with Crippen molar-refractivity contribution < 1.29 is 0 Å². The molecule has 1 unspecified atom stereocenters. The van der Waals surface area contributed by atoms with Gasteiger partial charge in [0.15, 0.2) is 5.65 Å². The average Bonchev–Trinajstić information content (AvgIpc) is 2.92. The molecule has 3 N–H and O–H groups in total. The monoisotopic (exact) mass is 290 g/mol. The minimum atomic E-state index is 0.393. The van der Waals surface area contributed by atoms with Gasteiger partial charge in [0.2, 0.25) is 5.95 Å². The largest absolute Gasteiger partial charge is 0.367 e.